The quantitative estimate of drug-likeness (QED) is 0.837. The Kier molecular flexibility index (Phi) is 3.46. The maximum Gasteiger partial charge on any atom is 0.120 e. The summed E-state index contributed by atoms with van der Waals surface area (Å²) in [5.41, 5.74) is 2.71. The Balaban J connectivity index is 2.49. The van der Waals surface area contributed by atoms with E-state index in [0.29, 0.717) is 5.56 Å². The highest BCUT2D eigenvalue weighted by atomic mass is 79.9. The fraction of sp³-hybridized carbons (Fsp3) is 0.0714. The first-order chi connectivity index (χ1) is 8.24. The van der Waals surface area contributed by atoms with Crippen LogP contribution in [-0.2, 0) is 0 Å². The number of nitrogens with zero attached hydrogens (tertiary/aromatic N) is 1. The van der Waals surface area contributed by atoms with Gasteiger partial charge < -0.3 is 4.74 Å². The van der Waals surface area contributed by atoms with E-state index >= 15 is 0 Å². The summed E-state index contributed by atoms with van der Waals surface area (Å²) in [6.45, 7) is 0. The van der Waals surface area contributed by atoms with Crippen molar-refractivity contribution in [2.75, 3.05) is 7.11 Å². The highest BCUT2D eigenvalue weighted by molar-refractivity contribution is 9.10. The van der Waals surface area contributed by atoms with Crippen molar-refractivity contribution in [3.05, 3.63) is 52.5 Å². The highest BCUT2D eigenvalue weighted by Gasteiger charge is 2.05. The van der Waals surface area contributed by atoms with E-state index in [1.54, 1.807) is 13.2 Å². The van der Waals surface area contributed by atoms with Crippen molar-refractivity contribution in [3.8, 4) is 22.9 Å². The molecule has 84 valence electrons. The number of hydrogen-bond donors (Lipinski definition) is 0. The molecule has 2 aromatic carbocycles. The van der Waals surface area contributed by atoms with E-state index < -0.39 is 0 Å². The molecule has 0 N–H and O–H groups in total. The third-order valence-corrected chi connectivity index (χ3v) is 3.14. The normalized spacial score (nSPS) is 9.71. The van der Waals surface area contributed by atoms with Crippen LogP contribution in [-0.4, -0.2) is 7.11 Å². The molecule has 17 heavy (non-hydrogen) atoms. The topological polar surface area (TPSA) is 33.0 Å². The average Bonchev–Trinajstić information content (AvgIpc) is 2.38. The Hall–Kier alpha value is -1.79. The molecule has 0 amide bonds. The second-order valence-electron chi connectivity index (χ2n) is 3.54. The van der Waals surface area contributed by atoms with Crippen molar-refractivity contribution in [2.45, 2.75) is 0 Å². The molecule has 2 aromatic rings. The third-order valence-electron chi connectivity index (χ3n) is 2.48. The van der Waals surface area contributed by atoms with Crippen LogP contribution in [0.5, 0.6) is 5.75 Å². The van der Waals surface area contributed by atoms with Gasteiger partial charge in [0.1, 0.15) is 5.75 Å². The zero-order chi connectivity index (χ0) is 12.3. The van der Waals surface area contributed by atoms with Crippen LogP contribution >= 0.6 is 15.9 Å². The number of halogens is 1. The Labute approximate surface area is 109 Å². The van der Waals surface area contributed by atoms with Gasteiger partial charge in [-0.3, -0.25) is 0 Å². The fourth-order valence-corrected chi connectivity index (χ4v) is 2.20. The van der Waals surface area contributed by atoms with Crippen molar-refractivity contribution >= 4 is 15.9 Å². The average molecular weight is 288 g/mol. The van der Waals surface area contributed by atoms with E-state index in [0.717, 1.165) is 21.3 Å². The molecular formula is C14H10BrNO. The molecule has 0 saturated carbocycles. The van der Waals surface area contributed by atoms with E-state index in [1.165, 1.54) is 0 Å². The maximum atomic E-state index is 8.88. The largest absolute Gasteiger partial charge is 0.497 e. The molecule has 0 atom stereocenters. The number of ether oxygens (including phenoxy) is 1. The lowest BCUT2D eigenvalue weighted by atomic mass is 10.0. The van der Waals surface area contributed by atoms with Crippen molar-refractivity contribution in [3.63, 3.8) is 0 Å². The lowest BCUT2D eigenvalue weighted by Gasteiger charge is -2.07. The van der Waals surface area contributed by atoms with E-state index in [1.807, 2.05) is 36.4 Å². The van der Waals surface area contributed by atoms with E-state index in [4.69, 9.17) is 10.00 Å². The van der Waals surface area contributed by atoms with Gasteiger partial charge in [-0.25, -0.2) is 0 Å². The zero-order valence-electron chi connectivity index (χ0n) is 9.27. The standard InChI is InChI=1S/C14H10BrNO/c1-17-12-5-6-13(14(15)8-12)11-4-2-3-10(7-11)9-16/h2-8H,1H3. The summed E-state index contributed by atoms with van der Waals surface area (Å²) in [6.07, 6.45) is 0. The monoisotopic (exact) mass is 287 g/mol. The van der Waals surface area contributed by atoms with Crippen molar-refractivity contribution in [2.24, 2.45) is 0 Å². The smallest absolute Gasteiger partial charge is 0.120 e. The second-order valence-corrected chi connectivity index (χ2v) is 4.39. The first kappa shape index (κ1) is 11.7. The van der Waals surface area contributed by atoms with Gasteiger partial charge in [0.25, 0.3) is 0 Å². The van der Waals surface area contributed by atoms with Crippen LogP contribution in [0.2, 0.25) is 0 Å². The fourth-order valence-electron chi connectivity index (χ4n) is 1.61. The van der Waals surface area contributed by atoms with Crippen LogP contribution in [0.3, 0.4) is 0 Å². The van der Waals surface area contributed by atoms with Crippen LogP contribution in [0.4, 0.5) is 0 Å². The summed E-state index contributed by atoms with van der Waals surface area (Å²) in [6, 6.07) is 15.4. The molecule has 0 radical (unpaired) electrons. The molecule has 2 nitrogen and oxygen atoms in total. The number of rotatable bonds is 2. The van der Waals surface area contributed by atoms with Crippen molar-refractivity contribution in [1.82, 2.24) is 0 Å². The molecule has 0 heterocycles. The third kappa shape index (κ3) is 2.48. The molecule has 0 aliphatic rings. The number of methoxy groups -OCH3 is 1. The Morgan fingerprint density at radius 1 is 1.18 bits per heavy atom. The van der Waals surface area contributed by atoms with Gasteiger partial charge in [0.2, 0.25) is 0 Å². The predicted octanol–water partition coefficient (Wildman–Crippen LogP) is 4.00. The molecule has 0 aliphatic heterocycles. The number of benzene rings is 2. The number of nitriles is 1. The van der Waals surface area contributed by atoms with Gasteiger partial charge in [0.15, 0.2) is 0 Å². The first-order valence-corrected chi connectivity index (χ1v) is 5.88. The lowest BCUT2D eigenvalue weighted by molar-refractivity contribution is 0.414. The number of hydrogen-bond acceptors (Lipinski definition) is 2. The minimum Gasteiger partial charge on any atom is -0.497 e. The highest BCUT2D eigenvalue weighted by Crippen LogP contribution is 2.31. The molecule has 0 bridgehead atoms. The zero-order valence-corrected chi connectivity index (χ0v) is 10.9. The van der Waals surface area contributed by atoms with Gasteiger partial charge in [-0.1, -0.05) is 28.1 Å². The molecule has 0 aromatic heterocycles. The van der Waals surface area contributed by atoms with Crippen molar-refractivity contribution in [1.29, 1.82) is 5.26 Å². The van der Waals surface area contributed by atoms with Gasteiger partial charge >= 0.3 is 0 Å². The maximum absolute atomic E-state index is 8.88. The SMILES string of the molecule is COc1ccc(-c2cccc(C#N)c2)c(Br)c1. The molecule has 0 unspecified atom stereocenters. The van der Waals surface area contributed by atoms with E-state index in [9.17, 15) is 0 Å². The summed E-state index contributed by atoms with van der Waals surface area (Å²) in [4.78, 5) is 0. The summed E-state index contributed by atoms with van der Waals surface area (Å²) in [7, 11) is 1.64. The Bertz CT molecular complexity index is 587. The van der Waals surface area contributed by atoms with E-state index in [2.05, 4.69) is 22.0 Å². The lowest BCUT2D eigenvalue weighted by Crippen LogP contribution is -1.85. The van der Waals surface area contributed by atoms with Gasteiger partial charge in [-0.15, -0.1) is 0 Å². The molecule has 0 saturated heterocycles. The molecular weight excluding hydrogens is 278 g/mol. The van der Waals surface area contributed by atoms with Crippen LogP contribution in [0.1, 0.15) is 5.56 Å². The summed E-state index contributed by atoms with van der Waals surface area (Å²) < 4.78 is 6.10. The van der Waals surface area contributed by atoms with Crippen LogP contribution in [0.25, 0.3) is 11.1 Å². The van der Waals surface area contributed by atoms with Gasteiger partial charge in [0, 0.05) is 4.47 Å². The van der Waals surface area contributed by atoms with E-state index in [-0.39, 0.29) is 0 Å². The summed E-state index contributed by atoms with van der Waals surface area (Å²) >= 11 is 3.51. The first-order valence-electron chi connectivity index (χ1n) is 5.08. The van der Waals surface area contributed by atoms with Gasteiger partial charge in [0.05, 0.1) is 18.7 Å². The minimum atomic E-state index is 0.658. The molecule has 2 rings (SSSR count). The van der Waals surface area contributed by atoms with Crippen LogP contribution < -0.4 is 4.74 Å². The molecule has 0 aliphatic carbocycles. The molecule has 3 heteroatoms. The van der Waals surface area contributed by atoms with Gasteiger partial charge in [-0.2, -0.15) is 5.26 Å². The van der Waals surface area contributed by atoms with Crippen LogP contribution in [0, 0.1) is 11.3 Å². The molecule has 0 fully saturated rings. The van der Waals surface area contributed by atoms with Crippen LogP contribution in [0.15, 0.2) is 46.9 Å². The van der Waals surface area contributed by atoms with Gasteiger partial charge in [-0.05, 0) is 41.5 Å². The van der Waals surface area contributed by atoms with Crippen molar-refractivity contribution < 1.29 is 4.74 Å². The summed E-state index contributed by atoms with van der Waals surface area (Å²) in [5, 5.41) is 8.88. The minimum absolute atomic E-state index is 0.658. The summed E-state index contributed by atoms with van der Waals surface area (Å²) in [5.74, 6) is 0.803. The second kappa shape index (κ2) is 5.03. The predicted molar refractivity (Wildman–Crippen MR) is 70.8 cm³/mol. The Morgan fingerprint density at radius 2 is 2.00 bits per heavy atom. The Morgan fingerprint density at radius 3 is 2.65 bits per heavy atom. The molecule has 0 spiro atoms.